The summed E-state index contributed by atoms with van der Waals surface area (Å²) in [4.78, 5) is 31.3. The van der Waals surface area contributed by atoms with E-state index in [1.165, 1.54) is 11.8 Å². The van der Waals surface area contributed by atoms with Crippen molar-refractivity contribution < 1.29 is 32.3 Å². The van der Waals surface area contributed by atoms with Gasteiger partial charge in [-0.2, -0.15) is 0 Å². The Labute approximate surface area is 291 Å². The summed E-state index contributed by atoms with van der Waals surface area (Å²) in [6, 6.07) is 21.9. The Bertz CT molecular complexity index is 1970. The van der Waals surface area contributed by atoms with Gasteiger partial charge in [0.15, 0.2) is 0 Å². The molecule has 1 amide bonds. The van der Waals surface area contributed by atoms with Gasteiger partial charge in [0.05, 0.1) is 39.4 Å². The van der Waals surface area contributed by atoms with Gasteiger partial charge in [-0.1, -0.05) is 24.3 Å². The monoisotopic (exact) mass is 684 g/mol. The average Bonchev–Trinajstić information content (AvgIpc) is 3.13. The van der Waals surface area contributed by atoms with Gasteiger partial charge in [0.1, 0.15) is 47.1 Å². The number of aromatic amines is 1. The predicted molar refractivity (Wildman–Crippen MR) is 192 cm³/mol. The molecular formula is C40H44F2N3O5+. The number of nitrogens with zero attached hydrogens (tertiary/aromatic N) is 2. The molecule has 0 aliphatic heterocycles. The van der Waals surface area contributed by atoms with E-state index in [9.17, 15) is 18.4 Å². The Balaban J connectivity index is 1.50. The number of benzene rings is 4. The van der Waals surface area contributed by atoms with Crippen LogP contribution in [-0.2, 0) is 6.54 Å². The molecule has 50 heavy (non-hydrogen) atoms. The van der Waals surface area contributed by atoms with E-state index >= 15 is 0 Å². The molecule has 1 heterocycles. The van der Waals surface area contributed by atoms with E-state index in [1.807, 2.05) is 12.1 Å². The number of carbonyl (C=O) groups excluding carboxylic acids is 1. The van der Waals surface area contributed by atoms with Crippen molar-refractivity contribution in [1.82, 2.24) is 4.98 Å². The number of rotatable bonds is 14. The summed E-state index contributed by atoms with van der Waals surface area (Å²) in [6.07, 6.45) is 0.755. The highest BCUT2D eigenvalue weighted by atomic mass is 19.1. The molecule has 0 spiro atoms. The third-order valence-corrected chi connectivity index (χ3v) is 9.55. The molecule has 0 saturated heterocycles. The normalized spacial score (nSPS) is 12.1. The second-order valence-corrected chi connectivity index (χ2v) is 12.2. The maximum Gasteiger partial charge on any atom is 0.263 e. The number of carbonyl (C=O) groups is 1. The number of quaternary nitrogens is 1. The van der Waals surface area contributed by atoms with Crippen LogP contribution >= 0.6 is 0 Å². The standard InChI is InChI=1S/C40H43F2N3O5/c1-7-44(31-20-29(41)19-30(42)21-31)40(47)36-24-43-37-23-32(15-16-35(37)38(36)46)50-39(28-17-33(48-5)22-34(18-28)49-6)27-13-11-26(12-14-27)25-45(8-2,9-3)10-4/h11-24,39H,7-10,25H2,1-6H3/p+1. The number of amides is 1. The van der Waals surface area contributed by atoms with Crippen molar-refractivity contribution in [2.75, 3.05) is 45.3 Å². The van der Waals surface area contributed by atoms with Gasteiger partial charge in [-0.3, -0.25) is 9.59 Å². The van der Waals surface area contributed by atoms with E-state index in [1.54, 1.807) is 45.4 Å². The van der Waals surface area contributed by atoms with Crippen molar-refractivity contribution in [3.8, 4) is 17.2 Å². The first-order valence-corrected chi connectivity index (χ1v) is 16.8. The number of hydrogen-bond acceptors (Lipinski definition) is 5. The molecule has 0 radical (unpaired) electrons. The van der Waals surface area contributed by atoms with Gasteiger partial charge in [0.25, 0.3) is 5.91 Å². The van der Waals surface area contributed by atoms with Crippen LogP contribution < -0.4 is 24.5 Å². The van der Waals surface area contributed by atoms with E-state index in [2.05, 4.69) is 50.0 Å². The molecule has 0 saturated carbocycles. The lowest BCUT2D eigenvalue weighted by atomic mass is 9.99. The number of anilines is 1. The van der Waals surface area contributed by atoms with Crippen molar-refractivity contribution in [3.63, 3.8) is 0 Å². The Morgan fingerprint density at radius 2 is 1.40 bits per heavy atom. The number of aromatic nitrogens is 1. The number of H-pyrrole nitrogens is 1. The van der Waals surface area contributed by atoms with Crippen LogP contribution in [0.1, 0.15) is 60.8 Å². The summed E-state index contributed by atoms with van der Waals surface area (Å²) in [5.41, 5.74) is 2.75. The fraction of sp³-hybridized carbons (Fsp3) is 0.300. The quantitative estimate of drug-likeness (QED) is 0.120. The zero-order valence-corrected chi connectivity index (χ0v) is 29.4. The lowest BCUT2D eigenvalue weighted by Gasteiger charge is -2.36. The molecule has 8 nitrogen and oxygen atoms in total. The Morgan fingerprint density at radius 1 is 0.780 bits per heavy atom. The number of ether oxygens (including phenoxy) is 3. The van der Waals surface area contributed by atoms with Crippen molar-refractivity contribution in [3.05, 3.63) is 129 Å². The smallest absolute Gasteiger partial charge is 0.263 e. The first kappa shape index (κ1) is 36.1. The fourth-order valence-corrected chi connectivity index (χ4v) is 6.35. The number of fused-ring (bicyclic) bond motifs is 1. The lowest BCUT2D eigenvalue weighted by molar-refractivity contribution is -0.936. The molecular weight excluding hydrogens is 640 g/mol. The van der Waals surface area contributed by atoms with E-state index in [0.29, 0.717) is 22.8 Å². The van der Waals surface area contributed by atoms with Crippen LogP contribution in [0.3, 0.4) is 0 Å². The zero-order valence-electron chi connectivity index (χ0n) is 29.4. The van der Waals surface area contributed by atoms with Crippen LogP contribution in [0.25, 0.3) is 10.9 Å². The summed E-state index contributed by atoms with van der Waals surface area (Å²) >= 11 is 0. The number of methoxy groups -OCH3 is 2. The Hall–Kier alpha value is -5.22. The van der Waals surface area contributed by atoms with E-state index < -0.39 is 29.1 Å². The van der Waals surface area contributed by atoms with Gasteiger partial charge in [-0.25, -0.2) is 8.78 Å². The summed E-state index contributed by atoms with van der Waals surface area (Å²) in [7, 11) is 3.19. The van der Waals surface area contributed by atoms with E-state index in [-0.39, 0.29) is 23.2 Å². The highest BCUT2D eigenvalue weighted by Crippen LogP contribution is 2.35. The first-order valence-electron chi connectivity index (χ1n) is 16.8. The Kier molecular flexibility index (Phi) is 11.2. The van der Waals surface area contributed by atoms with E-state index in [4.69, 9.17) is 14.2 Å². The predicted octanol–water partition coefficient (Wildman–Crippen LogP) is 8.04. The summed E-state index contributed by atoms with van der Waals surface area (Å²) in [5.74, 6) is -0.612. The summed E-state index contributed by atoms with van der Waals surface area (Å²) in [6.45, 7) is 12.5. The van der Waals surface area contributed by atoms with Crippen molar-refractivity contribution in [2.24, 2.45) is 0 Å². The van der Waals surface area contributed by atoms with E-state index in [0.717, 1.165) is 64.9 Å². The second kappa shape index (κ2) is 15.6. The summed E-state index contributed by atoms with van der Waals surface area (Å²) in [5, 5.41) is 0.262. The number of nitrogens with one attached hydrogen (secondary N) is 1. The van der Waals surface area contributed by atoms with Crippen LogP contribution in [-0.4, -0.2) is 55.8 Å². The molecule has 5 aromatic rings. The molecule has 0 aliphatic carbocycles. The highest BCUT2D eigenvalue weighted by molar-refractivity contribution is 6.07. The summed E-state index contributed by atoms with van der Waals surface area (Å²) < 4.78 is 46.7. The van der Waals surface area contributed by atoms with Gasteiger partial charge in [0, 0.05) is 53.1 Å². The van der Waals surface area contributed by atoms with Crippen molar-refractivity contribution in [2.45, 2.75) is 40.3 Å². The molecule has 1 aromatic heterocycles. The SMILES string of the molecule is CCN(C(=O)c1c[nH]c2cc(OC(c3ccc(C[N+](CC)(CC)CC)cc3)c3cc(OC)cc(OC)c3)ccc2c1=O)c1cc(F)cc(F)c1. The number of hydrogen-bond donors (Lipinski definition) is 1. The minimum Gasteiger partial charge on any atom is -0.497 e. The molecule has 1 atom stereocenters. The molecule has 10 heteroatoms. The molecule has 0 aliphatic rings. The minimum absolute atomic E-state index is 0.0194. The van der Waals surface area contributed by atoms with Crippen LogP contribution in [0.2, 0.25) is 0 Å². The molecule has 5 rings (SSSR count). The largest absolute Gasteiger partial charge is 0.497 e. The topological polar surface area (TPSA) is 80.9 Å². The van der Waals surface area contributed by atoms with Gasteiger partial charge >= 0.3 is 0 Å². The Morgan fingerprint density at radius 3 is 1.96 bits per heavy atom. The van der Waals surface area contributed by atoms with Gasteiger partial charge < -0.3 is 28.6 Å². The fourth-order valence-electron chi connectivity index (χ4n) is 6.35. The molecule has 0 fully saturated rings. The van der Waals surface area contributed by atoms with Crippen molar-refractivity contribution >= 4 is 22.5 Å². The molecule has 4 aromatic carbocycles. The molecule has 1 N–H and O–H groups in total. The van der Waals surface area contributed by atoms with Crippen LogP contribution in [0.5, 0.6) is 17.2 Å². The first-order chi connectivity index (χ1) is 24.1. The molecule has 262 valence electrons. The van der Waals surface area contributed by atoms with Gasteiger partial charge in [-0.05, 0) is 69.7 Å². The second-order valence-electron chi connectivity index (χ2n) is 12.2. The van der Waals surface area contributed by atoms with Crippen molar-refractivity contribution in [1.29, 1.82) is 0 Å². The maximum absolute atomic E-state index is 13.9. The van der Waals surface area contributed by atoms with Crippen LogP contribution in [0.15, 0.2) is 89.9 Å². The molecule has 1 unspecified atom stereocenters. The maximum atomic E-state index is 13.9. The highest BCUT2D eigenvalue weighted by Gasteiger charge is 2.25. The van der Waals surface area contributed by atoms with Gasteiger partial charge in [-0.15, -0.1) is 0 Å². The molecule has 0 bridgehead atoms. The zero-order chi connectivity index (χ0) is 36.0. The van der Waals surface area contributed by atoms with Crippen LogP contribution in [0, 0.1) is 11.6 Å². The van der Waals surface area contributed by atoms with Crippen LogP contribution in [0.4, 0.5) is 14.5 Å². The minimum atomic E-state index is -0.821. The number of halogens is 2. The number of pyridine rings is 1. The third kappa shape index (κ3) is 7.65. The van der Waals surface area contributed by atoms with Gasteiger partial charge in [0.2, 0.25) is 5.43 Å². The lowest BCUT2D eigenvalue weighted by Crippen LogP contribution is -2.46. The average molecular weight is 685 g/mol. The third-order valence-electron chi connectivity index (χ3n) is 9.55.